The molecule has 11 heteroatoms. The lowest BCUT2D eigenvalue weighted by molar-refractivity contribution is -0.670. The first-order valence-electron chi connectivity index (χ1n) is 15.1. The molecule has 1 N–H and O–H groups in total. The average molecular weight is 668 g/mol. The largest absolute Gasteiger partial charge is 0.343 e. The fourth-order valence-electron chi connectivity index (χ4n) is 6.09. The summed E-state index contributed by atoms with van der Waals surface area (Å²) in [5.41, 5.74) is 0.553. The number of likely N-dealkylation sites (tertiary alicyclic amines) is 1. The van der Waals surface area contributed by atoms with Gasteiger partial charge in [-0.15, -0.1) is 22.7 Å². The summed E-state index contributed by atoms with van der Waals surface area (Å²) in [6.07, 6.45) is 2.14. The van der Waals surface area contributed by atoms with Gasteiger partial charge in [0, 0.05) is 33.8 Å². The molecule has 0 spiro atoms. The van der Waals surface area contributed by atoms with E-state index in [0.29, 0.717) is 23.3 Å². The van der Waals surface area contributed by atoms with Gasteiger partial charge in [-0.1, -0.05) is 42.8 Å². The van der Waals surface area contributed by atoms with Crippen molar-refractivity contribution < 1.29 is 18.1 Å². The van der Waals surface area contributed by atoms with Crippen LogP contribution in [-0.4, -0.2) is 46.4 Å². The number of thiophene rings is 2. The summed E-state index contributed by atoms with van der Waals surface area (Å²) in [4.78, 5) is 38.1. The fourth-order valence-corrected chi connectivity index (χ4v) is 8.23. The first-order chi connectivity index (χ1) is 21.8. The molecule has 1 fully saturated rings. The standard InChI is InChI=1S/C34H33ClF2N4O2S2/c1-2-39-18-16-23(17-19-39)40(20-24-11-12-28(44-24)29-13-14-30(35)45-29)32(42)21-41-27-9-4-3-7-25(27)34(43)38-31(41)15-10-22-6-5-8-26(36)33(22)37/h3-9,11-14,23H,2,10,15-21H2,1H3/p+1. The van der Waals surface area contributed by atoms with E-state index in [4.69, 9.17) is 11.6 Å². The zero-order chi connectivity index (χ0) is 31.5. The quantitative estimate of drug-likeness (QED) is 0.166. The third kappa shape index (κ3) is 7.04. The summed E-state index contributed by atoms with van der Waals surface area (Å²) in [6.45, 7) is 5.46. The average Bonchev–Trinajstić information content (AvgIpc) is 3.71. The summed E-state index contributed by atoms with van der Waals surface area (Å²) in [5.74, 6) is -1.37. The van der Waals surface area contributed by atoms with Crippen LogP contribution < -0.4 is 10.1 Å². The molecule has 0 atom stereocenters. The molecule has 6 nitrogen and oxygen atoms in total. The molecule has 1 aliphatic heterocycles. The second-order valence-electron chi connectivity index (χ2n) is 11.3. The number of nitrogens with one attached hydrogen (secondary N) is 1. The first-order valence-corrected chi connectivity index (χ1v) is 17.1. The summed E-state index contributed by atoms with van der Waals surface area (Å²) in [7, 11) is 0. The monoisotopic (exact) mass is 667 g/mol. The third-order valence-electron chi connectivity index (χ3n) is 8.55. The highest BCUT2D eigenvalue weighted by Gasteiger charge is 2.31. The first kappa shape index (κ1) is 31.5. The summed E-state index contributed by atoms with van der Waals surface area (Å²) in [6, 6.07) is 19.4. The molecule has 0 aliphatic carbocycles. The molecule has 45 heavy (non-hydrogen) atoms. The van der Waals surface area contributed by atoms with E-state index in [0.717, 1.165) is 57.5 Å². The molecule has 2 aromatic carbocycles. The molecule has 3 aromatic heterocycles. The van der Waals surface area contributed by atoms with Crippen LogP contribution in [0.15, 0.2) is 71.5 Å². The topological polar surface area (TPSA) is 60.3 Å². The van der Waals surface area contributed by atoms with Crippen LogP contribution in [0, 0.1) is 11.6 Å². The van der Waals surface area contributed by atoms with Crippen LogP contribution >= 0.6 is 34.3 Å². The number of para-hydroxylation sites is 1. The van der Waals surface area contributed by atoms with Gasteiger partial charge in [-0.25, -0.2) is 23.1 Å². The number of amides is 1. The Morgan fingerprint density at radius 1 is 1.00 bits per heavy atom. The Balaban J connectivity index is 1.32. The van der Waals surface area contributed by atoms with Gasteiger partial charge in [0.1, 0.15) is 10.9 Å². The van der Waals surface area contributed by atoms with Gasteiger partial charge in [0.15, 0.2) is 18.2 Å². The van der Waals surface area contributed by atoms with Crippen LogP contribution in [0.5, 0.6) is 0 Å². The van der Waals surface area contributed by atoms with Gasteiger partial charge >= 0.3 is 5.56 Å². The van der Waals surface area contributed by atoms with Crippen molar-refractivity contribution in [2.24, 2.45) is 0 Å². The maximum atomic E-state index is 14.5. The molecular formula is C34H34ClF2N4O2S2+. The lowest BCUT2D eigenvalue weighted by Crippen LogP contribution is -2.53. The van der Waals surface area contributed by atoms with Gasteiger partial charge in [0.05, 0.1) is 17.3 Å². The highest BCUT2D eigenvalue weighted by atomic mass is 35.5. The normalized spacial score (nSPS) is 14.3. The van der Waals surface area contributed by atoms with Crippen molar-refractivity contribution >= 4 is 51.1 Å². The van der Waals surface area contributed by atoms with E-state index in [1.54, 1.807) is 23.5 Å². The van der Waals surface area contributed by atoms with Gasteiger partial charge in [-0.3, -0.25) is 4.79 Å². The van der Waals surface area contributed by atoms with Crippen molar-refractivity contribution in [3.8, 4) is 9.75 Å². The second kappa shape index (κ2) is 13.9. The zero-order valence-corrected chi connectivity index (χ0v) is 27.3. The fraction of sp³-hybridized carbons (Fsp3) is 0.324. The lowest BCUT2D eigenvalue weighted by atomic mass is 10.0. The molecule has 0 radical (unpaired) electrons. The Bertz CT molecular complexity index is 1880. The van der Waals surface area contributed by atoms with Gasteiger partial charge in [0.2, 0.25) is 0 Å². The maximum Gasteiger partial charge on any atom is 0.343 e. The Morgan fingerprint density at radius 2 is 1.76 bits per heavy atom. The van der Waals surface area contributed by atoms with E-state index < -0.39 is 11.6 Å². The van der Waals surface area contributed by atoms with Crippen molar-refractivity contribution in [1.29, 1.82) is 0 Å². The number of halogens is 3. The molecule has 1 amide bonds. The summed E-state index contributed by atoms with van der Waals surface area (Å²) < 4.78 is 31.0. The minimum atomic E-state index is -0.911. The molecule has 6 rings (SSSR count). The Hall–Kier alpha value is -3.44. The van der Waals surface area contributed by atoms with Crippen molar-refractivity contribution in [3.05, 3.63) is 109 Å². The Morgan fingerprint density at radius 3 is 2.51 bits per heavy atom. The van der Waals surface area contributed by atoms with E-state index in [-0.39, 0.29) is 42.5 Å². The third-order valence-corrected chi connectivity index (χ3v) is 11.0. The van der Waals surface area contributed by atoms with Crippen molar-refractivity contribution in [2.75, 3.05) is 19.6 Å². The Labute approximate surface area is 273 Å². The van der Waals surface area contributed by atoms with E-state index in [1.165, 1.54) is 23.5 Å². The maximum absolute atomic E-state index is 14.5. The second-order valence-corrected chi connectivity index (χ2v) is 14.2. The number of hydrogen-bond acceptors (Lipinski definition) is 5. The molecule has 5 aromatic rings. The SMILES string of the molecule is CCN1CCC(N(Cc2ccc(-c3ccc(Cl)s3)s2)C(=O)C[n+]2c(CCc3cccc(F)c3F)[nH]c(=O)c3ccccc32)CC1. The number of fused-ring (bicyclic) bond motifs is 1. The molecule has 0 saturated carbocycles. The minimum Gasteiger partial charge on any atom is -0.331 e. The number of piperidine rings is 1. The predicted molar refractivity (Wildman–Crippen MR) is 177 cm³/mol. The Kier molecular flexibility index (Phi) is 9.75. The number of benzene rings is 2. The van der Waals surface area contributed by atoms with Gasteiger partial charge in [-0.05, 0) is 73.8 Å². The molecule has 4 heterocycles. The molecular weight excluding hydrogens is 634 g/mol. The minimum absolute atomic E-state index is 0.00498. The number of aryl methyl sites for hydroxylation is 2. The number of nitrogens with zero attached hydrogens (tertiary/aromatic N) is 3. The van der Waals surface area contributed by atoms with Crippen LogP contribution in [-0.2, 0) is 30.7 Å². The van der Waals surface area contributed by atoms with Crippen molar-refractivity contribution in [2.45, 2.75) is 51.7 Å². The van der Waals surface area contributed by atoms with Crippen LogP contribution in [0.1, 0.15) is 36.0 Å². The van der Waals surface area contributed by atoms with E-state index >= 15 is 0 Å². The lowest BCUT2D eigenvalue weighted by Gasteiger charge is -2.38. The van der Waals surface area contributed by atoms with Crippen molar-refractivity contribution in [1.82, 2.24) is 14.8 Å². The molecule has 234 valence electrons. The number of aromatic amines is 1. The highest BCUT2D eigenvalue weighted by Crippen LogP contribution is 2.36. The van der Waals surface area contributed by atoms with Crippen LogP contribution in [0.3, 0.4) is 0 Å². The summed E-state index contributed by atoms with van der Waals surface area (Å²) in [5, 5.41) is 0.464. The molecule has 1 saturated heterocycles. The van der Waals surface area contributed by atoms with E-state index in [2.05, 4.69) is 28.9 Å². The number of H-pyrrole nitrogens is 1. The van der Waals surface area contributed by atoms with E-state index in [9.17, 15) is 18.4 Å². The number of rotatable bonds is 10. The van der Waals surface area contributed by atoms with E-state index in [1.807, 2.05) is 33.7 Å². The smallest absolute Gasteiger partial charge is 0.331 e. The van der Waals surface area contributed by atoms with Crippen LogP contribution in [0.2, 0.25) is 4.34 Å². The van der Waals surface area contributed by atoms with Gasteiger partial charge < -0.3 is 9.80 Å². The van der Waals surface area contributed by atoms with Gasteiger partial charge in [-0.2, -0.15) is 0 Å². The predicted octanol–water partition coefficient (Wildman–Crippen LogP) is 6.84. The number of aromatic nitrogens is 2. The zero-order valence-electron chi connectivity index (χ0n) is 24.9. The molecule has 0 bridgehead atoms. The summed E-state index contributed by atoms with van der Waals surface area (Å²) >= 11 is 9.38. The highest BCUT2D eigenvalue weighted by molar-refractivity contribution is 7.24. The number of carbonyl (C=O) groups excluding carboxylic acids is 1. The number of hydrogen-bond donors (Lipinski definition) is 1. The van der Waals surface area contributed by atoms with Crippen molar-refractivity contribution in [3.63, 3.8) is 0 Å². The molecule has 0 unspecified atom stereocenters. The van der Waals surface area contributed by atoms with Crippen LogP contribution in [0.4, 0.5) is 8.78 Å². The van der Waals surface area contributed by atoms with Crippen LogP contribution in [0.25, 0.3) is 20.7 Å². The van der Waals surface area contributed by atoms with Gasteiger partial charge in [0.25, 0.3) is 11.7 Å². The molecule has 1 aliphatic rings. The number of carbonyl (C=O) groups is 1.